The van der Waals surface area contributed by atoms with Crippen LogP contribution in [0.5, 0.6) is 0 Å². The zero-order chi connectivity index (χ0) is 20.0. The summed E-state index contributed by atoms with van der Waals surface area (Å²) in [4.78, 5) is 37.2. The highest BCUT2D eigenvalue weighted by atomic mass is 35.5. The predicted molar refractivity (Wildman–Crippen MR) is 100 cm³/mol. The molecule has 0 heterocycles. The van der Waals surface area contributed by atoms with Crippen LogP contribution in [0.4, 0.5) is 15.8 Å². The quantitative estimate of drug-likeness (QED) is 0.761. The highest BCUT2D eigenvalue weighted by Gasteiger charge is 2.18. The van der Waals surface area contributed by atoms with Gasteiger partial charge in [-0.05, 0) is 42.5 Å². The highest BCUT2D eigenvalue weighted by molar-refractivity contribution is 6.34. The summed E-state index contributed by atoms with van der Waals surface area (Å²) in [5.74, 6) is -1.66. The number of nitrogens with one attached hydrogen (secondary N) is 1. The van der Waals surface area contributed by atoms with Crippen molar-refractivity contribution in [3.05, 3.63) is 58.9 Å². The van der Waals surface area contributed by atoms with E-state index in [2.05, 4.69) is 10.1 Å². The number of carbonyl (C=O) groups excluding carboxylic acids is 3. The van der Waals surface area contributed by atoms with Crippen molar-refractivity contribution in [1.29, 1.82) is 0 Å². The summed E-state index contributed by atoms with van der Waals surface area (Å²) in [6, 6.07) is 9.74. The molecule has 0 atom stereocenters. The fourth-order valence-electron chi connectivity index (χ4n) is 2.38. The molecule has 2 amide bonds. The predicted octanol–water partition coefficient (Wildman–Crippen LogP) is 3.65. The van der Waals surface area contributed by atoms with Gasteiger partial charge in [0, 0.05) is 25.6 Å². The van der Waals surface area contributed by atoms with Crippen molar-refractivity contribution in [1.82, 2.24) is 0 Å². The van der Waals surface area contributed by atoms with Crippen LogP contribution in [0.25, 0.3) is 0 Å². The SMILES string of the molecule is COC(=O)c1ccc(Cl)c(N(CCC(=O)Nc2ccc(F)cc2)C(C)=O)c1. The molecule has 2 aromatic carbocycles. The molecule has 2 rings (SSSR count). The number of carbonyl (C=O) groups is 3. The fraction of sp³-hybridized carbons (Fsp3) is 0.211. The second kappa shape index (κ2) is 9.14. The molecule has 8 heteroatoms. The van der Waals surface area contributed by atoms with Gasteiger partial charge in [-0.2, -0.15) is 0 Å². The third kappa shape index (κ3) is 5.52. The standard InChI is InChI=1S/C19H18ClFN2O4/c1-12(24)23(17-11-13(19(26)27-2)3-8-16(17)20)10-9-18(25)22-15-6-4-14(21)5-7-15/h3-8,11H,9-10H2,1-2H3,(H,22,25). The van der Waals surface area contributed by atoms with Crippen LogP contribution < -0.4 is 10.2 Å². The molecule has 0 radical (unpaired) electrons. The molecule has 1 N–H and O–H groups in total. The Labute approximate surface area is 160 Å². The fourth-order valence-corrected chi connectivity index (χ4v) is 2.60. The van der Waals surface area contributed by atoms with E-state index in [0.29, 0.717) is 11.4 Å². The number of halogens is 2. The van der Waals surface area contributed by atoms with E-state index in [-0.39, 0.29) is 35.4 Å². The second-order valence-corrected chi connectivity index (χ2v) is 6.04. The molecule has 0 aliphatic rings. The van der Waals surface area contributed by atoms with Crippen LogP contribution >= 0.6 is 11.6 Å². The first-order valence-electron chi connectivity index (χ1n) is 8.03. The molecule has 0 saturated carbocycles. The Balaban J connectivity index is 2.11. The second-order valence-electron chi connectivity index (χ2n) is 5.63. The molecule has 0 aliphatic carbocycles. The number of methoxy groups -OCH3 is 1. The van der Waals surface area contributed by atoms with Gasteiger partial charge in [0.2, 0.25) is 11.8 Å². The van der Waals surface area contributed by atoms with E-state index in [1.807, 2.05) is 0 Å². The van der Waals surface area contributed by atoms with Gasteiger partial charge in [-0.15, -0.1) is 0 Å². The molecule has 2 aromatic rings. The number of rotatable bonds is 6. The van der Waals surface area contributed by atoms with Crippen LogP contribution in [0.1, 0.15) is 23.7 Å². The summed E-state index contributed by atoms with van der Waals surface area (Å²) in [5, 5.41) is 2.88. The van der Waals surface area contributed by atoms with Gasteiger partial charge >= 0.3 is 5.97 Å². The van der Waals surface area contributed by atoms with Gasteiger partial charge in [0.1, 0.15) is 5.82 Å². The van der Waals surface area contributed by atoms with Crippen molar-refractivity contribution in [2.45, 2.75) is 13.3 Å². The smallest absolute Gasteiger partial charge is 0.337 e. The van der Waals surface area contributed by atoms with Gasteiger partial charge in [0.25, 0.3) is 0 Å². The van der Waals surface area contributed by atoms with Crippen molar-refractivity contribution in [3.8, 4) is 0 Å². The Morgan fingerprint density at radius 1 is 1.15 bits per heavy atom. The van der Waals surface area contributed by atoms with Crippen molar-refractivity contribution in [3.63, 3.8) is 0 Å². The van der Waals surface area contributed by atoms with Crippen LogP contribution in [0.2, 0.25) is 5.02 Å². The Hall–Kier alpha value is -2.93. The lowest BCUT2D eigenvalue weighted by Crippen LogP contribution is -2.32. The third-order valence-electron chi connectivity index (χ3n) is 3.73. The summed E-state index contributed by atoms with van der Waals surface area (Å²) in [5.41, 5.74) is 0.988. The van der Waals surface area contributed by atoms with Gasteiger partial charge in [0.05, 0.1) is 23.4 Å². The van der Waals surface area contributed by atoms with Crippen molar-refractivity contribution < 1.29 is 23.5 Å². The monoisotopic (exact) mass is 392 g/mol. The maximum atomic E-state index is 12.9. The molecule has 27 heavy (non-hydrogen) atoms. The normalized spacial score (nSPS) is 10.2. The Kier molecular flexibility index (Phi) is 6.90. The van der Waals surface area contributed by atoms with E-state index in [4.69, 9.17) is 11.6 Å². The summed E-state index contributed by atoms with van der Waals surface area (Å²) < 4.78 is 17.6. The van der Waals surface area contributed by atoms with Gasteiger partial charge in [0.15, 0.2) is 0 Å². The summed E-state index contributed by atoms with van der Waals surface area (Å²) in [6.07, 6.45) is -0.0181. The van der Waals surface area contributed by atoms with Crippen molar-refractivity contribution in [2.24, 2.45) is 0 Å². The molecular formula is C19H18ClFN2O4. The summed E-state index contributed by atoms with van der Waals surface area (Å²) in [7, 11) is 1.25. The van der Waals surface area contributed by atoms with Gasteiger partial charge < -0.3 is 15.0 Å². The number of anilines is 2. The molecule has 0 spiro atoms. The van der Waals surface area contributed by atoms with Crippen LogP contribution in [-0.2, 0) is 14.3 Å². The van der Waals surface area contributed by atoms with Crippen LogP contribution in [-0.4, -0.2) is 31.4 Å². The van der Waals surface area contributed by atoms with E-state index in [9.17, 15) is 18.8 Å². The number of nitrogens with zero attached hydrogens (tertiary/aromatic N) is 1. The number of hydrogen-bond donors (Lipinski definition) is 1. The number of hydrogen-bond acceptors (Lipinski definition) is 4. The minimum atomic E-state index is -0.564. The number of benzene rings is 2. The van der Waals surface area contributed by atoms with Gasteiger partial charge in [-0.25, -0.2) is 9.18 Å². The Morgan fingerprint density at radius 3 is 2.41 bits per heavy atom. The lowest BCUT2D eigenvalue weighted by Gasteiger charge is -2.22. The molecule has 6 nitrogen and oxygen atoms in total. The maximum absolute atomic E-state index is 12.9. The van der Waals surface area contributed by atoms with E-state index in [0.717, 1.165) is 0 Å². The number of amides is 2. The average Bonchev–Trinajstić information content (AvgIpc) is 2.64. The topological polar surface area (TPSA) is 75.7 Å². The zero-order valence-electron chi connectivity index (χ0n) is 14.8. The molecule has 0 aromatic heterocycles. The lowest BCUT2D eigenvalue weighted by atomic mass is 10.1. The van der Waals surface area contributed by atoms with Gasteiger partial charge in [-0.1, -0.05) is 11.6 Å². The summed E-state index contributed by atoms with van der Waals surface area (Å²) >= 11 is 6.16. The minimum Gasteiger partial charge on any atom is -0.465 e. The van der Waals surface area contributed by atoms with Crippen molar-refractivity contribution in [2.75, 3.05) is 23.9 Å². The lowest BCUT2D eigenvalue weighted by molar-refractivity contribution is -0.117. The molecule has 142 valence electrons. The first-order chi connectivity index (χ1) is 12.8. The van der Waals surface area contributed by atoms with E-state index in [1.165, 1.54) is 61.4 Å². The van der Waals surface area contributed by atoms with Crippen LogP contribution in [0, 0.1) is 5.82 Å². The van der Waals surface area contributed by atoms with E-state index in [1.54, 1.807) is 0 Å². The third-order valence-corrected chi connectivity index (χ3v) is 4.05. The average molecular weight is 393 g/mol. The van der Waals surface area contributed by atoms with Crippen LogP contribution in [0.15, 0.2) is 42.5 Å². The number of ether oxygens (including phenoxy) is 1. The molecule has 0 aliphatic heterocycles. The number of esters is 1. The largest absolute Gasteiger partial charge is 0.465 e. The highest BCUT2D eigenvalue weighted by Crippen LogP contribution is 2.28. The first-order valence-corrected chi connectivity index (χ1v) is 8.41. The molecule has 0 fully saturated rings. The molecule has 0 saturated heterocycles. The molecule has 0 bridgehead atoms. The molecule has 0 unspecified atom stereocenters. The van der Waals surface area contributed by atoms with Crippen molar-refractivity contribution >= 4 is 40.8 Å². The molecular weight excluding hydrogens is 375 g/mol. The van der Waals surface area contributed by atoms with Crippen LogP contribution in [0.3, 0.4) is 0 Å². The first kappa shape index (κ1) is 20.4. The van der Waals surface area contributed by atoms with E-state index < -0.39 is 11.8 Å². The van der Waals surface area contributed by atoms with E-state index >= 15 is 0 Å². The Morgan fingerprint density at radius 2 is 1.81 bits per heavy atom. The maximum Gasteiger partial charge on any atom is 0.337 e. The zero-order valence-corrected chi connectivity index (χ0v) is 15.5. The summed E-state index contributed by atoms with van der Waals surface area (Å²) in [6.45, 7) is 1.38. The Bertz CT molecular complexity index is 855. The minimum absolute atomic E-state index is 0.0181. The van der Waals surface area contributed by atoms with Gasteiger partial charge in [-0.3, -0.25) is 9.59 Å².